The van der Waals surface area contributed by atoms with Gasteiger partial charge in [-0.3, -0.25) is 10.1 Å². The molecule has 6 nitrogen and oxygen atoms in total. The predicted molar refractivity (Wildman–Crippen MR) is 111 cm³/mol. The highest BCUT2D eigenvalue weighted by atomic mass is 32.2. The van der Waals surface area contributed by atoms with Gasteiger partial charge in [0.1, 0.15) is 0 Å². The normalized spacial score (nSPS) is 16.1. The van der Waals surface area contributed by atoms with E-state index in [-0.39, 0.29) is 10.6 Å². The summed E-state index contributed by atoms with van der Waals surface area (Å²) in [5.41, 5.74) is 2.23. The van der Waals surface area contributed by atoms with Gasteiger partial charge in [0.15, 0.2) is 6.04 Å². The lowest BCUT2D eigenvalue weighted by atomic mass is 9.96. The van der Waals surface area contributed by atoms with Crippen LogP contribution < -0.4 is 4.31 Å². The van der Waals surface area contributed by atoms with Crippen molar-refractivity contribution in [1.82, 2.24) is 0 Å². The first-order chi connectivity index (χ1) is 13.9. The molecule has 7 heteroatoms. The third kappa shape index (κ3) is 3.30. The third-order valence-electron chi connectivity index (χ3n) is 4.90. The van der Waals surface area contributed by atoms with Crippen LogP contribution in [-0.4, -0.2) is 13.3 Å². The Bertz CT molecular complexity index is 1200. The van der Waals surface area contributed by atoms with Gasteiger partial charge in [-0.15, -0.1) is 0 Å². The van der Waals surface area contributed by atoms with Crippen LogP contribution in [0.5, 0.6) is 0 Å². The quantitative estimate of drug-likeness (QED) is 0.470. The minimum atomic E-state index is -4.06. The molecule has 3 aromatic rings. The highest BCUT2D eigenvalue weighted by Gasteiger charge is 2.43. The lowest BCUT2D eigenvalue weighted by Crippen LogP contribution is -2.39. The highest BCUT2D eigenvalue weighted by Crippen LogP contribution is 2.44. The van der Waals surface area contributed by atoms with Crippen LogP contribution in [-0.2, 0) is 10.0 Å². The van der Waals surface area contributed by atoms with Crippen LogP contribution in [0, 0.1) is 17.0 Å². The Morgan fingerprint density at radius 2 is 1.52 bits per heavy atom. The van der Waals surface area contributed by atoms with Crippen molar-refractivity contribution in [2.45, 2.75) is 17.9 Å². The van der Waals surface area contributed by atoms with E-state index in [4.69, 9.17) is 0 Å². The molecule has 0 N–H and O–H groups in total. The fourth-order valence-corrected chi connectivity index (χ4v) is 5.15. The molecule has 0 saturated carbocycles. The van der Waals surface area contributed by atoms with E-state index >= 15 is 0 Å². The molecule has 0 saturated heterocycles. The summed E-state index contributed by atoms with van der Waals surface area (Å²) in [7, 11) is -4.06. The summed E-state index contributed by atoms with van der Waals surface area (Å²) in [4.78, 5) is 11.5. The Hall–Kier alpha value is -3.45. The van der Waals surface area contributed by atoms with Crippen molar-refractivity contribution in [2.75, 3.05) is 4.31 Å². The van der Waals surface area contributed by atoms with Gasteiger partial charge < -0.3 is 0 Å². The van der Waals surface area contributed by atoms with Crippen LogP contribution in [0.2, 0.25) is 0 Å². The van der Waals surface area contributed by atoms with E-state index in [1.54, 1.807) is 54.6 Å². The number of nitro groups is 1. The number of hydrogen-bond donors (Lipinski definition) is 0. The largest absolute Gasteiger partial charge is 0.274 e. The van der Waals surface area contributed by atoms with Crippen molar-refractivity contribution >= 4 is 21.8 Å². The maximum Gasteiger partial charge on any atom is 0.274 e. The maximum absolute atomic E-state index is 13.6. The number of sulfonamides is 1. The van der Waals surface area contributed by atoms with E-state index in [0.29, 0.717) is 16.8 Å². The van der Waals surface area contributed by atoms with Crippen molar-refractivity contribution in [3.8, 4) is 0 Å². The zero-order chi connectivity index (χ0) is 20.6. The van der Waals surface area contributed by atoms with Crippen molar-refractivity contribution in [2.24, 2.45) is 0 Å². The van der Waals surface area contributed by atoms with Crippen molar-refractivity contribution in [3.05, 3.63) is 111 Å². The van der Waals surface area contributed by atoms with Crippen LogP contribution in [0.15, 0.2) is 89.5 Å². The second-order valence-corrected chi connectivity index (χ2v) is 8.63. The Kier molecular flexibility index (Phi) is 4.68. The molecule has 0 spiro atoms. The average molecular weight is 406 g/mol. The molecule has 1 aliphatic rings. The summed E-state index contributed by atoms with van der Waals surface area (Å²) in [6, 6.07) is 20.8. The van der Waals surface area contributed by atoms with Crippen LogP contribution in [0.4, 0.5) is 5.69 Å². The zero-order valence-electron chi connectivity index (χ0n) is 15.6. The fourth-order valence-electron chi connectivity index (χ4n) is 3.49. The molecule has 0 bridgehead atoms. The van der Waals surface area contributed by atoms with Crippen LogP contribution in [0.25, 0.3) is 6.08 Å². The zero-order valence-corrected chi connectivity index (χ0v) is 16.4. The number of aryl methyl sites for hydroxylation is 1. The molecule has 1 unspecified atom stereocenters. The van der Waals surface area contributed by atoms with Gasteiger partial charge in [0, 0.05) is 11.6 Å². The molecule has 1 atom stereocenters. The number of anilines is 1. The first-order valence-electron chi connectivity index (χ1n) is 9.00. The van der Waals surface area contributed by atoms with E-state index in [9.17, 15) is 18.5 Å². The van der Waals surface area contributed by atoms with Gasteiger partial charge >= 0.3 is 0 Å². The molecule has 0 amide bonds. The highest BCUT2D eigenvalue weighted by molar-refractivity contribution is 7.92. The average Bonchev–Trinajstić information content (AvgIpc) is 2.73. The van der Waals surface area contributed by atoms with Gasteiger partial charge in [-0.2, -0.15) is 0 Å². The lowest BCUT2D eigenvalue weighted by molar-refractivity contribution is -0.428. The number of benzene rings is 3. The van der Waals surface area contributed by atoms with Crippen molar-refractivity contribution in [3.63, 3.8) is 0 Å². The molecule has 4 rings (SSSR count). The number of fused-ring (bicyclic) bond motifs is 1. The predicted octanol–water partition coefficient (Wildman–Crippen LogP) is 4.56. The monoisotopic (exact) mass is 406 g/mol. The van der Waals surface area contributed by atoms with Gasteiger partial charge in [-0.25, -0.2) is 12.7 Å². The standard InChI is InChI=1S/C22H18N2O4S/c1-16-11-13-17(14-12-16)22-21(24(25)26)15-18-7-5-6-10-20(18)23(22)29(27,28)19-8-3-2-4-9-19/h2-15,22H,1H3. The van der Waals surface area contributed by atoms with Gasteiger partial charge in [-0.05, 0) is 30.7 Å². The smallest absolute Gasteiger partial charge is 0.259 e. The molecular formula is C22H18N2O4S. The first kappa shape index (κ1) is 18.9. The summed E-state index contributed by atoms with van der Waals surface area (Å²) >= 11 is 0. The summed E-state index contributed by atoms with van der Waals surface area (Å²) in [5, 5.41) is 11.9. The number of nitrogens with zero attached hydrogens (tertiary/aromatic N) is 2. The second kappa shape index (κ2) is 7.18. The van der Waals surface area contributed by atoms with Gasteiger partial charge in [0.25, 0.3) is 15.7 Å². The van der Waals surface area contributed by atoms with Gasteiger partial charge in [0.05, 0.1) is 15.5 Å². The SMILES string of the molecule is Cc1ccc(C2C([N+](=O)[O-])=Cc3ccccc3N2S(=O)(=O)c2ccccc2)cc1. The third-order valence-corrected chi connectivity index (χ3v) is 6.69. The molecular weight excluding hydrogens is 388 g/mol. The summed E-state index contributed by atoms with van der Waals surface area (Å²) in [6.07, 6.45) is 1.46. The fraction of sp³-hybridized carbons (Fsp3) is 0.0909. The van der Waals surface area contributed by atoms with E-state index in [1.807, 2.05) is 19.1 Å². The minimum absolute atomic E-state index is 0.0801. The van der Waals surface area contributed by atoms with E-state index in [0.717, 1.165) is 5.56 Å². The maximum atomic E-state index is 13.6. The number of rotatable bonds is 4. The lowest BCUT2D eigenvalue weighted by Gasteiger charge is -2.35. The molecule has 29 heavy (non-hydrogen) atoms. The second-order valence-electron chi connectivity index (χ2n) is 6.81. The van der Waals surface area contributed by atoms with Crippen LogP contribution in [0.3, 0.4) is 0 Å². The Morgan fingerprint density at radius 1 is 0.897 bits per heavy atom. The number of para-hydroxylation sites is 1. The molecule has 146 valence electrons. The molecule has 1 aliphatic heterocycles. The van der Waals surface area contributed by atoms with E-state index in [2.05, 4.69) is 0 Å². The summed E-state index contributed by atoms with van der Waals surface area (Å²) in [6.45, 7) is 1.91. The van der Waals surface area contributed by atoms with E-state index < -0.39 is 21.0 Å². The molecule has 1 heterocycles. The van der Waals surface area contributed by atoms with Crippen LogP contribution in [0.1, 0.15) is 22.7 Å². The molecule has 3 aromatic carbocycles. The molecule has 0 radical (unpaired) electrons. The molecule has 0 aliphatic carbocycles. The number of hydrogen-bond acceptors (Lipinski definition) is 4. The first-order valence-corrected chi connectivity index (χ1v) is 10.4. The topological polar surface area (TPSA) is 80.5 Å². The van der Waals surface area contributed by atoms with Gasteiger partial charge in [-0.1, -0.05) is 66.2 Å². The minimum Gasteiger partial charge on any atom is -0.259 e. The van der Waals surface area contributed by atoms with E-state index in [1.165, 1.54) is 22.5 Å². The molecule has 0 aromatic heterocycles. The summed E-state index contributed by atoms with van der Waals surface area (Å²) < 4.78 is 28.5. The Morgan fingerprint density at radius 3 is 2.17 bits per heavy atom. The van der Waals surface area contributed by atoms with Crippen molar-refractivity contribution in [1.29, 1.82) is 0 Å². The Labute approximate surface area is 168 Å². The van der Waals surface area contributed by atoms with Crippen molar-refractivity contribution < 1.29 is 13.3 Å². The summed E-state index contributed by atoms with van der Waals surface area (Å²) in [5.74, 6) is 0. The van der Waals surface area contributed by atoms with Crippen LogP contribution >= 0.6 is 0 Å². The molecule has 0 fully saturated rings. The Balaban J connectivity index is 2.01. The van der Waals surface area contributed by atoms with Gasteiger partial charge in [0.2, 0.25) is 0 Å².